The zero-order valence-corrected chi connectivity index (χ0v) is 26.1. The highest BCUT2D eigenvalue weighted by Crippen LogP contribution is 2.38. The number of anilines is 1. The molecule has 6 rings (SSSR count). The first kappa shape index (κ1) is 30.8. The summed E-state index contributed by atoms with van der Waals surface area (Å²) in [5.41, 5.74) is -1.49. The van der Waals surface area contributed by atoms with Gasteiger partial charge in [0.2, 0.25) is 15.7 Å². The quantitative estimate of drug-likeness (QED) is 0.276. The number of benzene rings is 1. The van der Waals surface area contributed by atoms with E-state index in [4.69, 9.17) is 11.6 Å². The van der Waals surface area contributed by atoms with Crippen molar-refractivity contribution in [1.82, 2.24) is 24.4 Å². The third-order valence-corrected chi connectivity index (χ3v) is 11.0. The molecule has 0 bridgehead atoms. The van der Waals surface area contributed by atoms with Gasteiger partial charge in [0.1, 0.15) is 17.3 Å². The number of nitrogens with zero attached hydrogens (tertiary/aromatic N) is 6. The van der Waals surface area contributed by atoms with Gasteiger partial charge in [-0.2, -0.15) is 4.98 Å². The van der Waals surface area contributed by atoms with E-state index >= 15 is 8.78 Å². The molecule has 2 aliphatic rings. The molecule has 4 heterocycles. The van der Waals surface area contributed by atoms with Gasteiger partial charge in [0, 0.05) is 31.9 Å². The SMILES string of the molecule is C=CC(=O)N1CCN(c2nc(=O)n(-c3c(C)ccnc3S(=O)(=O)C3CCC3)c3nc(-c4c(F)cccc4Cl)c(F)cc23)[C@@H](C)C1. The predicted octanol–water partition coefficient (Wildman–Crippen LogP) is 4.63. The largest absolute Gasteiger partial charge is 0.355 e. The van der Waals surface area contributed by atoms with E-state index in [1.165, 1.54) is 24.4 Å². The fourth-order valence-corrected chi connectivity index (χ4v) is 8.12. The first-order chi connectivity index (χ1) is 21.4. The van der Waals surface area contributed by atoms with Gasteiger partial charge in [-0.25, -0.2) is 36.5 Å². The third kappa shape index (κ3) is 5.17. The van der Waals surface area contributed by atoms with Crippen LogP contribution in [-0.4, -0.2) is 69.7 Å². The molecule has 1 atom stereocenters. The Labute approximate surface area is 262 Å². The average Bonchev–Trinajstić information content (AvgIpc) is 2.96. The van der Waals surface area contributed by atoms with Gasteiger partial charge in [-0.15, -0.1) is 0 Å². The van der Waals surface area contributed by atoms with Crippen LogP contribution in [0.5, 0.6) is 0 Å². The molecule has 14 heteroatoms. The van der Waals surface area contributed by atoms with Crippen molar-refractivity contribution in [2.24, 2.45) is 0 Å². The highest BCUT2D eigenvalue weighted by atomic mass is 35.5. The number of amides is 1. The van der Waals surface area contributed by atoms with Crippen molar-refractivity contribution >= 4 is 44.2 Å². The number of rotatable bonds is 6. The van der Waals surface area contributed by atoms with Crippen LogP contribution in [0, 0.1) is 18.6 Å². The molecule has 4 aromatic rings. The van der Waals surface area contributed by atoms with E-state index < -0.39 is 38.1 Å². The lowest BCUT2D eigenvalue weighted by Gasteiger charge is -2.40. The van der Waals surface area contributed by atoms with Gasteiger partial charge >= 0.3 is 5.69 Å². The van der Waals surface area contributed by atoms with E-state index in [0.717, 1.165) is 23.1 Å². The van der Waals surface area contributed by atoms with Crippen LogP contribution < -0.4 is 10.6 Å². The molecular weight excluding hydrogens is 626 g/mol. The van der Waals surface area contributed by atoms with Crippen LogP contribution in [0.15, 0.2) is 59.0 Å². The van der Waals surface area contributed by atoms with Crippen molar-refractivity contribution in [3.8, 4) is 16.9 Å². The van der Waals surface area contributed by atoms with E-state index in [2.05, 4.69) is 21.5 Å². The van der Waals surface area contributed by atoms with Crippen LogP contribution in [0.1, 0.15) is 31.7 Å². The second kappa shape index (κ2) is 11.6. The second-order valence-corrected chi connectivity index (χ2v) is 13.8. The molecule has 234 valence electrons. The molecular formula is C31H29ClF2N6O4S. The molecule has 45 heavy (non-hydrogen) atoms. The number of aryl methyl sites for hydroxylation is 1. The van der Waals surface area contributed by atoms with Gasteiger partial charge in [0.25, 0.3) is 0 Å². The number of hydrogen-bond acceptors (Lipinski definition) is 8. The second-order valence-electron chi connectivity index (χ2n) is 11.3. The Morgan fingerprint density at radius 2 is 1.89 bits per heavy atom. The predicted molar refractivity (Wildman–Crippen MR) is 166 cm³/mol. The molecule has 1 aromatic carbocycles. The average molecular weight is 655 g/mol. The Hall–Kier alpha value is -4.23. The molecule has 10 nitrogen and oxygen atoms in total. The molecule has 0 spiro atoms. The minimum absolute atomic E-state index is 0.0578. The molecule has 1 saturated heterocycles. The van der Waals surface area contributed by atoms with Crippen LogP contribution in [0.2, 0.25) is 5.02 Å². The van der Waals surface area contributed by atoms with E-state index in [0.29, 0.717) is 18.4 Å². The van der Waals surface area contributed by atoms with E-state index in [9.17, 15) is 18.0 Å². The molecule has 1 aliphatic carbocycles. The number of carbonyl (C=O) groups excluding carboxylic acids is 1. The van der Waals surface area contributed by atoms with Gasteiger partial charge < -0.3 is 9.80 Å². The summed E-state index contributed by atoms with van der Waals surface area (Å²) >= 11 is 6.30. The summed E-state index contributed by atoms with van der Waals surface area (Å²) in [4.78, 5) is 42.7. The lowest BCUT2D eigenvalue weighted by atomic mass is 10.00. The normalized spacial score (nSPS) is 17.4. The van der Waals surface area contributed by atoms with Gasteiger partial charge in [0.05, 0.1) is 26.9 Å². The van der Waals surface area contributed by atoms with Crippen molar-refractivity contribution in [2.45, 2.75) is 49.4 Å². The van der Waals surface area contributed by atoms with E-state index in [1.54, 1.807) is 22.8 Å². The lowest BCUT2D eigenvalue weighted by molar-refractivity contribution is -0.126. The highest BCUT2D eigenvalue weighted by Gasteiger charge is 2.37. The number of aromatic nitrogens is 4. The summed E-state index contributed by atoms with van der Waals surface area (Å²) in [6.07, 6.45) is 4.24. The molecule has 0 unspecified atom stereocenters. The van der Waals surface area contributed by atoms with Gasteiger partial charge in [0.15, 0.2) is 16.5 Å². The molecule has 0 radical (unpaired) electrons. The minimum atomic E-state index is -3.97. The summed E-state index contributed by atoms with van der Waals surface area (Å²) < 4.78 is 59.5. The standard InChI is InChI=1S/C31H29ClF2N6O4S/c1-4-24(41)38-13-14-39(18(3)16-38)28-20-15-23(34)26(25-21(32)9-6-10-22(25)33)36-29(20)40(31(42)37-28)27-17(2)11-12-35-30(27)45(43,44)19-7-5-8-19/h4,6,9-12,15,18-19H,1,5,7-8,13-14,16H2,2-3H3/t18-/m0/s1. The zero-order valence-electron chi connectivity index (χ0n) is 24.5. The number of carbonyl (C=O) groups is 1. The molecule has 0 N–H and O–H groups in total. The lowest BCUT2D eigenvalue weighted by Crippen LogP contribution is -2.54. The maximum Gasteiger partial charge on any atom is 0.355 e. The fourth-order valence-electron chi connectivity index (χ4n) is 5.87. The van der Waals surface area contributed by atoms with Crippen LogP contribution in [0.4, 0.5) is 14.6 Å². The number of hydrogen-bond donors (Lipinski definition) is 0. The van der Waals surface area contributed by atoms with Gasteiger partial charge in [-0.3, -0.25) is 4.79 Å². The third-order valence-electron chi connectivity index (χ3n) is 8.46. The highest BCUT2D eigenvalue weighted by molar-refractivity contribution is 7.92. The van der Waals surface area contributed by atoms with Crippen LogP contribution in [0.3, 0.4) is 0 Å². The number of piperazine rings is 1. The number of halogens is 3. The van der Waals surface area contributed by atoms with E-state index in [-0.39, 0.29) is 69.7 Å². The first-order valence-corrected chi connectivity index (χ1v) is 16.3. The topological polar surface area (TPSA) is 118 Å². The molecule has 1 saturated carbocycles. The maximum atomic E-state index is 16.0. The van der Waals surface area contributed by atoms with Crippen molar-refractivity contribution in [2.75, 3.05) is 24.5 Å². The zero-order chi connectivity index (χ0) is 32.2. The van der Waals surface area contributed by atoms with Crippen molar-refractivity contribution in [3.05, 3.63) is 81.9 Å². The molecule has 3 aromatic heterocycles. The molecule has 2 fully saturated rings. The number of sulfone groups is 1. The minimum Gasteiger partial charge on any atom is -0.350 e. The van der Waals surface area contributed by atoms with Crippen molar-refractivity contribution in [3.63, 3.8) is 0 Å². The van der Waals surface area contributed by atoms with Crippen LogP contribution in [-0.2, 0) is 14.6 Å². The summed E-state index contributed by atoms with van der Waals surface area (Å²) in [6, 6.07) is 6.16. The summed E-state index contributed by atoms with van der Waals surface area (Å²) in [5.74, 6) is -1.92. The molecule has 1 aliphatic heterocycles. The Morgan fingerprint density at radius 3 is 2.53 bits per heavy atom. The Bertz CT molecular complexity index is 2030. The maximum absolute atomic E-state index is 16.0. The number of pyridine rings is 2. The monoisotopic (exact) mass is 654 g/mol. The van der Waals surface area contributed by atoms with Crippen molar-refractivity contribution < 1.29 is 22.0 Å². The summed E-state index contributed by atoms with van der Waals surface area (Å²) in [6.45, 7) is 7.81. The van der Waals surface area contributed by atoms with Gasteiger partial charge in [-0.1, -0.05) is 30.7 Å². The van der Waals surface area contributed by atoms with Crippen molar-refractivity contribution in [1.29, 1.82) is 0 Å². The Balaban J connectivity index is 1.66. The smallest absolute Gasteiger partial charge is 0.350 e. The molecule has 1 amide bonds. The fraction of sp³-hybridized carbons (Fsp3) is 0.323. The van der Waals surface area contributed by atoms with Crippen LogP contribution >= 0.6 is 11.6 Å². The first-order valence-electron chi connectivity index (χ1n) is 14.4. The Morgan fingerprint density at radius 1 is 1.13 bits per heavy atom. The van der Waals surface area contributed by atoms with Gasteiger partial charge in [-0.05, 0) is 62.6 Å². The van der Waals surface area contributed by atoms with Crippen LogP contribution in [0.25, 0.3) is 28.0 Å². The summed E-state index contributed by atoms with van der Waals surface area (Å²) in [5, 5.41) is -1.000. The summed E-state index contributed by atoms with van der Waals surface area (Å²) in [7, 11) is -3.97. The Kier molecular flexibility index (Phi) is 7.94. The van der Waals surface area contributed by atoms with E-state index in [1.807, 2.05) is 6.92 Å². The number of fused-ring (bicyclic) bond motifs is 1.